The van der Waals surface area contributed by atoms with Crippen molar-refractivity contribution in [2.75, 3.05) is 7.11 Å². The van der Waals surface area contributed by atoms with Crippen LogP contribution >= 0.6 is 11.6 Å². The van der Waals surface area contributed by atoms with Crippen LogP contribution in [0.3, 0.4) is 0 Å². The predicted molar refractivity (Wildman–Crippen MR) is 57.6 cm³/mol. The Morgan fingerprint density at radius 3 is 2.64 bits per heavy atom. The second-order valence-corrected chi connectivity index (χ2v) is 3.69. The Labute approximate surface area is 90.0 Å². The lowest BCUT2D eigenvalue weighted by molar-refractivity contribution is 0.180. The first-order chi connectivity index (χ1) is 6.72. The average Bonchev–Trinajstić information content (AvgIpc) is 2.51. The quantitative estimate of drug-likeness (QED) is 0.757. The number of hydrogen-bond acceptors (Lipinski definition) is 2. The van der Waals surface area contributed by atoms with E-state index >= 15 is 0 Å². The molecule has 1 rings (SSSR count). The number of hydrogen-bond donors (Lipinski definition) is 0. The summed E-state index contributed by atoms with van der Waals surface area (Å²) in [4.78, 5) is 0. The van der Waals surface area contributed by atoms with Crippen molar-refractivity contribution in [2.24, 2.45) is 0 Å². The van der Waals surface area contributed by atoms with Crippen LogP contribution in [0.5, 0.6) is 0 Å². The number of halogens is 1. The van der Waals surface area contributed by atoms with E-state index in [1.807, 2.05) is 10.7 Å². The Morgan fingerprint density at radius 2 is 2.14 bits per heavy atom. The van der Waals surface area contributed by atoms with Crippen molar-refractivity contribution in [3.05, 3.63) is 16.9 Å². The van der Waals surface area contributed by atoms with Gasteiger partial charge in [0.25, 0.3) is 0 Å². The van der Waals surface area contributed by atoms with Gasteiger partial charge >= 0.3 is 0 Å². The molecule has 0 unspecified atom stereocenters. The zero-order valence-electron chi connectivity index (χ0n) is 8.96. The Balaban J connectivity index is 2.85. The van der Waals surface area contributed by atoms with Gasteiger partial charge in [-0.1, -0.05) is 25.4 Å². The Kier molecular flexibility index (Phi) is 4.42. The van der Waals surface area contributed by atoms with Gasteiger partial charge in [-0.3, -0.25) is 4.68 Å². The van der Waals surface area contributed by atoms with E-state index in [0.29, 0.717) is 17.8 Å². The molecule has 0 atom stereocenters. The molecule has 0 aliphatic carbocycles. The molecule has 1 aromatic rings. The predicted octanol–water partition coefficient (Wildman–Crippen LogP) is 3.04. The minimum atomic E-state index is 0.396. The van der Waals surface area contributed by atoms with Crippen LogP contribution in [0.4, 0.5) is 0 Å². The van der Waals surface area contributed by atoms with Gasteiger partial charge in [-0.25, -0.2) is 0 Å². The van der Waals surface area contributed by atoms with Crippen molar-refractivity contribution in [1.29, 1.82) is 0 Å². The Hall–Kier alpha value is -0.540. The van der Waals surface area contributed by atoms with Gasteiger partial charge < -0.3 is 4.74 Å². The van der Waals surface area contributed by atoms with Crippen LogP contribution in [0, 0.1) is 0 Å². The molecule has 0 aliphatic rings. The van der Waals surface area contributed by atoms with Crippen LogP contribution in [0.25, 0.3) is 0 Å². The zero-order chi connectivity index (χ0) is 10.6. The molecule has 1 heterocycles. The molecule has 80 valence electrons. The van der Waals surface area contributed by atoms with E-state index in [2.05, 4.69) is 18.9 Å². The normalized spacial score (nSPS) is 11.2. The van der Waals surface area contributed by atoms with Crippen LogP contribution in [0.15, 0.2) is 6.07 Å². The van der Waals surface area contributed by atoms with Crippen LogP contribution < -0.4 is 0 Å². The van der Waals surface area contributed by atoms with Gasteiger partial charge in [0.2, 0.25) is 0 Å². The molecule has 0 spiro atoms. The minimum absolute atomic E-state index is 0.396. The maximum atomic E-state index is 6.08. The summed E-state index contributed by atoms with van der Waals surface area (Å²) in [5.41, 5.74) is 0.893. The summed E-state index contributed by atoms with van der Waals surface area (Å²) in [5.74, 6) is 0. The molecule has 1 aromatic heterocycles. The first kappa shape index (κ1) is 11.5. The first-order valence-electron chi connectivity index (χ1n) is 4.95. The van der Waals surface area contributed by atoms with Gasteiger partial charge in [0, 0.05) is 13.2 Å². The fourth-order valence-corrected chi connectivity index (χ4v) is 1.83. The standard InChI is InChI=1S/C10H17ClN2O/c1-4-9(5-2)13-10(11)6-8(12-13)7-14-3/h6,9H,4-5,7H2,1-3H3. The molecule has 0 radical (unpaired) electrons. The summed E-state index contributed by atoms with van der Waals surface area (Å²) in [6, 6.07) is 2.26. The fraction of sp³-hybridized carbons (Fsp3) is 0.700. The van der Waals surface area contributed by atoms with Crippen LogP contribution in [-0.4, -0.2) is 16.9 Å². The molecule has 0 aliphatic heterocycles. The van der Waals surface area contributed by atoms with Gasteiger partial charge in [0.05, 0.1) is 18.3 Å². The summed E-state index contributed by atoms with van der Waals surface area (Å²) >= 11 is 6.08. The Morgan fingerprint density at radius 1 is 1.50 bits per heavy atom. The highest BCUT2D eigenvalue weighted by Gasteiger charge is 2.12. The second-order valence-electron chi connectivity index (χ2n) is 3.31. The van der Waals surface area contributed by atoms with E-state index in [0.717, 1.165) is 18.5 Å². The number of methoxy groups -OCH3 is 1. The minimum Gasteiger partial charge on any atom is -0.378 e. The lowest BCUT2D eigenvalue weighted by Gasteiger charge is -2.13. The average molecular weight is 217 g/mol. The van der Waals surface area contributed by atoms with E-state index < -0.39 is 0 Å². The van der Waals surface area contributed by atoms with E-state index in [1.165, 1.54) is 0 Å². The summed E-state index contributed by atoms with van der Waals surface area (Å²) < 4.78 is 6.89. The third-order valence-corrected chi connectivity index (χ3v) is 2.60. The molecule has 0 saturated carbocycles. The largest absolute Gasteiger partial charge is 0.378 e. The molecule has 0 aromatic carbocycles. The van der Waals surface area contributed by atoms with Crippen molar-refractivity contribution in [3.8, 4) is 0 Å². The summed E-state index contributed by atoms with van der Waals surface area (Å²) in [7, 11) is 1.66. The van der Waals surface area contributed by atoms with E-state index in [4.69, 9.17) is 16.3 Å². The molecule has 0 amide bonds. The highest BCUT2D eigenvalue weighted by molar-refractivity contribution is 6.29. The van der Waals surface area contributed by atoms with Crippen molar-refractivity contribution in [3.63, 3.8) is 0 Å². The molecule has 14 heavy (non-hydrogen) atoms. The molecule has 0 fully saturated rings. The highest BCUT2D eigenvalue weighted by Crippen LogP contribution is 2.21. The smallest absolute Gasteiger partial charge is 0.127 e. The van der Waals surface area contributed by atoms with Gasteiger partial charge in [-0.05, 0) is 12.8 Å². The third kappa shape index (κ3) is 2.49. The van der Waals surface area contributed by atoms with E-state index in [9.17, 15) is 0 Å². The van der Waals surface area contributed by atoms with Crippen molar-refractivity contribution < 1.29 is 4.74 Å². The van der Waals surface area contributed by atoms with Crippen LogP contribution in [-0.2, 0) is 11.3 Å². The molecule has 0 bridgehead atoms. The van der Waals surface area contributed by atoms with Gasteiger partial charge in [-0.15, -0.1) is 0 Å². The molecule has 4 heteroatoms. The maximum absolute atomic E-state index is 6.08. The number of nitrogens with zero attached hydrogens (tertiary/aromatic N) is 2. The van der Waals surface area contributed by atoms with Crippen LogP contribution in [0.1, 0.15) is 38.4 Å². The second kappa shape index (κ2) is 5.37. The zero-order valence-corrected chi connectivity index (χ0v) is 9.71. The number of aromatic nitrogens is 2. The summed E-state index contributed by atoms with van der Waals surface area (Å²) in [5, 5.41) is 5.10. The molecular formula is C10H17ClN2O. The highest BCUT2D eigenvalue weighted by atomic mass is 35.5. The van der Waals surface area contributed by atoms with E-state index in [1.54, 1.807) is 7.11 Å². The monoisotopic (exact) mass is 216 g/mol. The van der Waals surface area contributed by atoms with Crippen LogP contribution in [0.2, 0.25) is 5.15 Å². The Bertz CT molecular complexity index is 282. The molecule has 3 nitrogen and oxygen atoms in total. The lowest BCUT2D eigenvalue weighted by Crippen LogP contribution is -2.09. The lowest BCUT2D eigenvalue weighted by atomic mass is 10.2. The maximum Gasteiger partial charge on any atom is 0.127 e. The van der Waals surface area contributed by atoms with Gasteiger partial charge in [0.1, 0.15) is 5.15 Å². The first-order valence-corrected chi connectivity index (χ1v) is 5.33. The number of ether oxygens (including phenoxy) is 1. The van der Waals surface area contributed by atoms with Gasteiger partial charge in [0.15, 0.2) is 0 Å². The molecular weight excluding hydrogens is 200 g/mol. The molecule has 0 N–H and O–H groups in total. The summed E-state index contributed by atoms with van der Waals surface area (Å²) in [6.07, 6.45) is 2.09. The van der Waals surface area contributed by atoms with Crippen molar-refractivity contribution in [2.45, 2.75) is 39.3 Å². The third-order valence-electron chi connectivity index (χ3n) is 2.32. The fourth-order valence-electron chi connectivity index (χ4n) is 1.53. The van der Waals surface area contributed by atoms with E-state index in [-0.39, 0.29) is 0 Å². The van der Waals surface area contributed by atoms with Crippen molar-refractivity contribution in [1.82, 2.24) is 9.78 Å². The SMILES string of the molecule is CCC(CC)n1nc(COC)cc1Cl. The van der Waals surface area contributed by atoms with Gasteiger partial charge in [-0.2, -0.15) is 5.10 Å². The van der Waals surface area contributed by atoms with Crippen molar-refractivity contribution >= 4 is 11.6 Å². The topological polar surface area (TPSA) is 27.1 Å². The summed E-state index contributed by atoms with van der Waals surface area (Å²) in [6.45, 7) is 4.80. The number of rotatable bonds is 5. The molecule has 0 saturated heterocycles.